The van der Waals surface area contributed by atoms with E-state index in [-0.39, 0.29) is 18.4 Å². The minimum atomic E-state index is 0. The van der Waals surface area contributed by atoms with E-state index >= 15 is 0 Å². The molecule has 0 amide bonds. The third kappa shape index (κ3) is 2.76. The average Bonchev–Trinajstić information content (AvgIpc) is 3.16. The first-order valence-electron chi connectivity index (χ1n) is 7.57. The molecule has 7 nitrogen and oxygen atoms in total. The van der Waals surface area contributed by atoms with Gasteiger partial charge in [-0.2, -0.15) is 10.1 Å². The van der Waals surface area contributed by atoms with Gasteiger partial charge >= 0.3 is 0 Å². The Labute approximate surface area is 135 Å². The fourth-order valence-corrected chi connectivity index (χ4v) is 3.26. The quantitative estimate of drug-likeness (QED) is 0.859. The molecule has 8 heteroatoms. The van der Waals surface area contributed by atoms with Crippen LogP contribution < -0.4 is 5.32 Å². The topological polar surface area (TPSA) is 82.9 Å². The summed E-state index contributed by atoms with van der Waals surface area (Å²) < 4.78 is 5.55. The largest absolute Gasteiger partial charge is 0.339 e. The van der Waals surface area contributed by atoms with Crippen molar-refractivity contribution in [2.24, 2.45) is 0 Å². The molecule has 2 aromatic heterocycles. The molecule has 0 saturated carbocycles. The summed E-state index contributed by atoms with van der Waals surface area (Å²) in [5.41, 5.74) is 2.53. The molecule has 0 radical (unpaired) electrons. The first-order valence-corrected chi connectivity index (χ1v) is 7.57. The van der Waals surface area contributed by atoms with E-state index in [1.165, 1.54) is 11.3 Å². The third-order valence-electron chi connectivity index (χ3n) is 4.64. The van der Waals surface area contributed by atoms with Crippen molar-refractivity contribution in [1.82, 2.24) is 30.6 Å². The first kappa shape index (κ1) is 15.5. The van der Waals surface area contributed by atoms with Gasteiger partial charge in [-0.05, 0) is 25.5 Å². The lowest BCUT2D eigenvalue weighted by Crippen LogP contribution is -2.44. The zero-order valence-electron chi connectivity index (χ0n) is 12.6. The Morgan fingerprint density at radius 3 is 3.18 bits per heavy atom. The number of aromatic amines is 1. The van der Waals surface area contributed by atoms with Crippen molar-refractivity contribution >= 4 is 12.4 Å². The highest BCUT2D eigenvalue weighted by Gasteiger charge is 2.29. The Morgan fingerprint density at radius 2 is 2.32 bits per heavy atom. The van der Waals surface area contributed by atoms with E-state index in [1.54, 1.807) is 0 Å². The molecule has 1 aliphatic carbocycles. The molecule has 2 aliphatic rings. The Bertz CT molecular complexity index is 626. The minimum absolute atomic E-state index is 0. The van der Waals surface area contributed by atoms with Crippen LogP contribution in [0.4, 0.5) is 0 Å². The predicted molar refractivity (Wildman–Crippen MR) is 83.1 cm³/mol. The van der Waals surface area contributed by atoms with Crippen molar-refractivity contribution in [3.8, 4) is 0 Å². The molecule has 2 atom stereocenters. The highest BCUT2D eigenvalue weighted by molar-refractivity contribution is 5.85. The maximum atomic E-state index is 5.55. The van der Waals surface area contributed by atoms with Crippen LogP contribution in [0, 0.1) is 0 Å². The number of aryl methyl sites for hydroxylation is 1. The normalized spacial score (nSPS) is 25.5. The van der Waals surface area contributed by atoms with Gasteiger partial charge in [0.2, 0.25) is 5.89 Å². The van der Waals surface area contributed by atoms with Crippen molar-refractivity contribution in [3.05, 3.63) is 29.2 Å². The number of likely N-dealkylation sites (N-methyl/N-ethyl adjacent to an activating group) is 1. The van der Waals surface area contributed by atoms with Gasteiger partial charge in [-0.1, -0.05) is 5.16 Å². The molecule has 120 valence electrons. The number of nitrogens with one attached hydrogen (secondary N) is 2. The molecular formula is C14H21ClN6O. The van der Waals surface area contributed by atoms with Gasteiger partial charge in [0.1, 0.15) is 0 Å². The SMILES string of the molecule is CN1CCNCC1c1noc(C2CCc3cn[nH]c3C2)n1.Cl. The van der Waals surface area contributed by atoms with Crippen LogP contribution in [0.25, 0.3) is 0 Å². The maximum absolute atomic E-state index is 5.55. The van der Waals surface area contributed by atoms with Gasteiger partial charge in [0.25, 0.3) is 0 Å². The van der Waals surface area contributed by atoms with Crippen LogP contribution in [0.1, 0.15) is 41.4 Å². The van der Waals surface area contributed by atoms with Crippen molar-refractivity contribution in [2.45, 2.75) is 31.2 Å². The number of aromatic nitrogens is 4. The number of hydrogen-bond acceptors (Lipinski definition) is 6. The molecule has 0 aromatic carbocycles. The highest BCUT2D eigenvalue weighted by Crippen LogP contribution is 2.31. The monoisotopic (exact) mass is 324 g/mol. The summed E-state index contributed by atoms with van der Waals surface area (Å²) in [4.78, 5) is 6.95. The second-order valence-corrected chi connectivity index (χ2v) is 6.00. The number of rotatable bonds is 2. The van der Waals surface area contributed by atoms with Crippen molar-refractivity contribution in [1.29, 1.82) is 0 Å². The van der Waals surface area contributed by atoms with Gasteiger partial charge in [-0.25, -0.2) is 0 Å². The molecule has 2 N–H and O–H groups in total. The van der Waals surface area contributed by atoms with Gasteiger partial charge in [-0.15, -0.1) is 12.4 Å². The summed E-state index contributed by atoms with van der Waals surface area (Å²) in [5.74, 6) is 1.88. The molecule has 22 heavy (non-hydrogen) atoms. The van der Waals surface area contributed by atoms with Crippen LogP contribution in [0.3, 0.4) is 0 Å². The molecule has 1 saturated heterocycles. The molecule has 0 bridgehead atoms. The molecule has 0 spiro atoms. The van der Waals surface area contributed by atoms with Gasteiger partial charge < -0.3 is 9.84 Å². The Morgan fingerprint density at radius 1 is 1.41 bits per heavy atom. The van der Waals surface area contributed by atoms with Crippen molar-refractivity contribution in [2.75, 3.05) is 26.7 Å². The second kappa shape index (κ2) is 6.36. The van der Waals surface area contributed by atoms with Crippen LogP contribution >= 0.6 is 12.4 Å². The van der Waals surface area contributed by atoms with Gasteiger partial charge in [0.15, 0.2) is 5.82 Å². The molecule has 4 rings (SSSR count). The molecule has 3 heterocycles. The van der Waals surface area contributed by atoms with Crippen LogP contribution in [-0.2, 0) is 12.8 Å². The van der Waals surface area contributed by atoms with Gasteiger partial charge in [-0.3, -0.25) is 10.00 Å². The zero-order valence-corrected chi connectivity index (χ0v) is 13.4. The molecule has 1 fully saturated rings. The first-order chi connectivity index (χ1) is 10.3. The summed E-state index contributed by atoms with van der Waals surface area (Å²) in [7, 11) is 2.11. The summed E-state index contributed by atoms with van der Waals surface area (Å²) in [6.07, 6.45) is 4.91. The standard InChI is InChI=1S/C14H20N6O.ClH/c1-20-5-4-15-8-12(20)13-17-14(21-19-13)9-2-3-10-7-16-18-11(10)6-9;/h7,9,12,15H,2-6,8H2,1H3,(H,16,18);1H. The number of H-pyrrole nitrogens is 1. The van der Waals surface area contributed by atoms with E-state index in [0.717, 1.165) is 50.6 Å². The van der Waals surface area contributed by atoms with E-state index in [0.29, 0.717) is 5.92 Å². The highest BCUT2D eigenvalue weighted by atomic mass is 35.5. The number of halogens is 1. The van der Waals surface area contributed by atoms with Crippen LogP contribution in [0.5, 0.6) is 0 Å². The molecule has 2 aromatic rings. The molecule has 2 unspecified atom stereocenters. The predicted octanol–water partition coefficient (Wildman–Crippen LogP) is 1.06. The van der Waals surface area contributed by atoms with Crippen LogP contribution in [0.15, 0.2) is 10.7 Å². The fraction of sp³-hybridized carbons (Fsp3) is 0.643. The minimum Gasteiger partial charge on any atom is -0.339 e. The number of piperazine rings is 1. The van der Waals surface area contributed by atoms with E-state index in [4.69, 9.17) is 4.52 Å². The summed E-state index contributed by atoms with van der Waals surface area (Å²) in [6, 6.07) is 0.211. The van der Waals surface area contributed by atoms with E-state index in [1.807, 2.05) is 6.20 Å². The number of nitrogens with zero attached hydrogens (tertiary/aromatic N) is 4. The van der Waals surface area contributed by atoms with Gasteiger partial charge in [0.05, 0.1) is 12.2 Å². The molecule has 1 aliphatic heterocycles. The number of hydrogen-bond donors (Lipinski definition) is 2. The van der Waals surface area contributed by atoms with Crippen LogP contribution in [0.2, 0.25) is 0 Å². The average molecular weight is 325 g/mol. The lowest BCUT2D eigenvalue weighted by molar-refractivity contribution is 0.190. The van der Waals surface area contributed by atoms with Crippen LogP contribution in [-0.4, -0.2) is 51.9 Å². The Hall–Kier alpha value is -1.44. The second-order valence-electron chi connectivity index (χ2n) is 6.00. The Kier molecular flexibility index (Phi) is 4.46. The Balaban J connectivity index is 0.00000144. The van der Waals surface area contributed by atoms with E-state index < -0.39 is 0 Å². The van der Waals surface area contributed by atoms with E-state index in [9.17, 15) is 0 Å². The zero-order chi connectivity index (χ0) is 14.2. The smallest absolute Gasteiger partial charge is 0.230 e. The summed E-state index contributed by atoms with van der Waals surface area (Å²) in [6.45, 7) is 2.91. The summed E-state index contributed by atoms with van der Waals surface area (Å²) >= 11 is 0. The van der Waals surface area contributed by atoms with Crippen molar-refractivity contribution in [3.63, 3.8) is 0 Å². The third-order valence-corrected chi connectivity index (χ3v) is 4.64. The lowest BCUT2D eigenvalue weighted by atomic mass is 9.88. The molecular weight excluding hydrogens is 304 g/mol. The summed E-state index contributed by atoms with van der Waals surface area (Å²) in [5, 5.41) is 14.8. The fourth-order valence-electron chi connectivity index (χ4n) is 3.26. The maximum Gasteiger partial charge on any atom is 0.230 e. The van der Waals surface area contributed by atoms with Crippen molar-refractivity contribution < 1.29 is 4.52 Å². The number of fused-ring (bicyclic) bond motifs is 1. The van der Waals surface area contributed by atoms with E-state index in [2.05, 4.69) is 37.6 Å². The van der Waals surface area contributed by atoms with Gasteiger partial charge in [0, 0.05) is 37.7 Å². The lowest BCUT2D eigenvalue weighted by Gasteiger charge is -2.30.